The van der Waals surface area contributed by atoms with Gasteiger partial charge in [0.2, 0.25) is 15.3 Å². The lowest BCUT2D eigenvalue weighted by Crippen LogP contribution is -2.37. The summed E-state index contributed by atoms with van der Waals surface area (Å²) in [6.07, 6.45) is 2.96. The minimum absolute atomic E-state index is 0.0610. The van der Waals surface area contributed by atoms with Gasteiger partial charge in [0.1, 0.15) is 0 Å². The van der Waals surface area contributed by atoms with Crippen LogP contribution >= 0.6 is 11.6 Å². The first-order chi connectivity index (χ1) is 9.50. The fourth-order valence-corrected chi connectivity index (χ4v) is 4.25. The molecule has 20 heavy (non-hydrogen) atoms. The quantitative estimate of drug-likeness (QED) is 0.599. The van der Waals surface area contributed by atoms with E-state index in [1.165, 1.54) is 4.31 Å². The number of para-hydroxylation sites is 1. The number of aryl methyl sites for hydroxylation is 1. The lowest BCUT2D eigenvalue weighted by molar-refractivity contribution is -0.111. The first-order valence-corrected chi connectivity index (χ1v) is 8.76. The monoisotopic (exact) mass is 315 g/mol. The SMILES string of the molecule is O=C(Cl)CCCCS(=O)(=O)N1CCCc2ccccc21. The standard InChI is InChI=1S/C14H18ClNO3S/c15-14(17)9-3-4-11-20(18,19)16-10-5-7-12-6-1-2-8-13(12)16/h1-2,6,8H,3-5,7,9-11H2. The molecule has 0 fully saturated rings. The molecule has 110 valence electrons. The van der Waals surface area contributed by atoms with E-state index >= 15 is 0 Å². The second-order valence-corrected chi connectivity index (χ2v) is 7.37. The maximum atomic E-state index is 12.4. The van der Waals surface area contributed by atoms with E-state index < -0.39 is 15.3 Å². The molecule has 0 amide bonds. The number of anilines is 1. The van der Waals surface area contributed by atoms with Crippen molar-refractivity contribution in [1.29, 1.82) is 0 Å². The number of fused-ring (bicyclic) bond motifs is 1. The van der Waals surface area contributed by atoms with Gasteiger partial charge in [0.05, 0.1) is 11.4 Å². The number of hydrogen-bond donors (Lipinski definition) is 0. The lowest BCUT2D eigenvalue weighted by atomic mass is 10.0. The largest absolute Gasteiger partial charge is 0.281 e. The van der Waals surface area contributed by atoms with Crippen molar-refractivity contribution in [1.82, 2.24) is 0 Å². The number of unbranched alkanes of at least 4 members (excludes halogenated alkanes) is 1. The maximum Gasteiger partial charge on any atom is 0.235 e. The molecule has 1 aromatic carbocycles. The van der Waals surface area contributed by atoms with Gasteiger partial charge in [-0.05, 0) is 48.9 Å². The Hall–Kier alpha value is -1.07. The molecule has 6 heteroatoms. The van der Waals surface area contributed by atoms with Crippen molar-refractivity contribution in [3.8, 4) is 0 Å². The molecule has 0 atom stereocenters. The summed E-state index contributed by atoms with van der Waals surface area (Å²) in [5.74, 6) is 0.0610. The average Bonchev–Trinajstić information content (AvgIpc) is 2.43. The molecule has 0 radical (unpaired) electrons. The molecule has 0 N–H and O–H groups in total. The van der Waals surface area contributed by atoms with Gasteiger partial charge in [0.15, 0.2) is 0 Å². The van der Waals surface area contributed by atoms with Crippen molar-refractivity contribution in [2.24, 2.45) is 0 Å². The Kier molecular flexibility index (Phi) is 5.05. The van der Waals surface area contributed by atoms with Crippen LogP contribution in [0.4, 0.5) is 5.69 Å². The van der Waals surface area contributed by atoms with Crippen LogP contribution < -0.4 is 4.31 Å². The molecule has 0 spiro atoms. The van der Waals surface area contributed by atoms with Crippen LogP contribution in [-0.2, 0) is 21.2 Å². The van der Waals surface area contributed by atoms with Crippen molar-refractivity contribution >= 4 is 32.6 Å². The smallest absolute Gasteiger partial charge is 0.235 e. The third kappa shape index (κ3) is 3.73. The normalized spacial score (nSPS) is 14.9. The molecule has 0 aromatic heterocycles. The summed E-state index contributed by atoms with van der Waals surface area (Å²) in [5, 5.41) is -0.411. The van der Waals surface area contributed by atoms with Crippen LogP contribution in [0, 0.1) is 0 Å². The van der Waals surface area contributed by atoms with Crippen molar-refractivity contribution in [2.45, 2.75) is 32.1 Å². The van der Waals surface area contributed by atoms with Crippen molar-refractivity contribution < 1.29 is 13.2 Å². The minimum atomic E-state index is -3.32. The Balaban J connectivity index is 2.05. The first kappa shape index (κ1) is 15.3. The number of halogens is 1. The van der Waals surface area contributed by atoms with Gasteiger partial charge in [-0.2, -0.15) is 0 Å². The summed E-state index contributed by atoms with van der Waals surface area (Å²) < 4.78 is 26.3. The predicted octanol–water partition coefficient (Wildman–Crippen LogP) is 2.70. The van der Waals surface area contributed by atoms with Crippen molar-refractivity contribution in [3.63, 3.8) is 0 Å². The van der Waals surface area contributed by atoms with Gasteiger partial charge in [-0.1, -0.05) is 18.2 Å². The molecule has 1 aromatic rings. The van der Waals surface area contributed by atoms with E-state index in [2.05, 4.69) is 0 Å². The van der Waals surface area contributed by atoms with Crippen LogP contribution in [0.5, 0.6) is 0 Å². The third-order valence-electron chi connectivity index (χ3n) is 3.43. The summed E-state index contributed by atoms with van der Waals surface area (Å²) in [6.45, 7) is 0.535. The summed E-state index contributed by atoms with van der Waals surface area (Å²) in [6, 6.07) is 7.62. The molecule has 1 aliphatic heterocycles. The van der Waals surface area contributed by atoms with E-state index in [-0.39, 0.29) is 12.2 Å². The topological polar surface area (TPSA) is 54.5 Å². The number of sulfonamides is 1. The Bertz CT molecular complexity index is 586. The zero-order valence-electron chi connectivity index (χ0n) is 11.2. The van der Waals surface area contributed by atoms with Gasteiger partial charge in [-0.3, -0.25) is 9.10 Å². The molecular formula is C14H18ClNO3S. The number of benzene rings is 1. The fourth-order valence-electron chi connectivity index (χ4n) is 2.45. The predicted molar refractivity (Wildman–Crippen MR) is 80.6 cm³/mol. The maximum absolute atomic E-state index is 12.4. The number of nitrogens with zero attached hydrogens (tertiary/aromatic N) is 1. The summed E-state index contributed by atoms with van der Waals surface area (Å²) in [7, 11) is -3.32. The second kappa shape index (κ2) is 6.59. The Morgan fingerprint density at radius 3 is 2.75 bits per heavy atom. The second-order valence-electron chi connectivity index (χ2n) is 4.93. The molecule has 2 rings (SSSR count). The Morgan fingerprint density at radius 1 is 1.25 bits per heavy atom. The van der Waals surface area contributed by atoms with E-state index in [1.54, 1.807) is 0 Å². The molecule has 0 unspecified atom stereocenters. The highest BCUT2D eigenvalue weighted by atomic mass is 35.5. The van der Waals surface area contributed by atoms with Gasteiger partial charge in [-0.15, -0.1) is 0 Å². The highest BCUT2D eigenvalue weighted by Crippen LogP contribution is 2.29. The third-order valence-corrected chi connectivity index (χ3v) is 5.47. The van der Waals surface area contributed by atoms with Crippen LogP contribution in [0.15, 0.2) is 24.3 Å². The van der Waals surface area contributed by atoms with E-state index in [1.807, 2.05) is 24.3 Å². The van der Waals surface area contributed by atoms with E-state index in [4.69, 9.17) is 11.6 Å². The summed E-state index contributed by atoms with van der Waals surface area (Å²) >= 11 is 5.24. The minimum Gasteiger partial charge on any atom is -0.281 e. The molecule has 4 nitrogen and oxygen atoms in total. The number of hydrogen-bond acceptors (Lipinski definition) is 3. The van der Waals surface area contributed by atoms with Crippen LogP contribution in [0.25, 0.3) is 0 Å². The van der Waals surface area contributed by atoms with E-state index in [0.29, 0.717) is 19.4 Å². The van der Waals surface area contributed by atoms with Gasteiger partial charge < -0.3 is 0 Å². The molecule has 1 aliphatic rings. The number of rotatable bonds is 6. The average molecular weight is 316 g/mol. The van der Waals surface area contributed by atoms with Gasteiger partial charge in [-0.25, -0.2) is 8.42 Å². The molecule has 0 aliphatic carbocycles. The molecule has 1 heterocycles. The summed E-state index contributed by atoms with van der Waals surface area (Å²) in [4.78, 5) is 10.6. The first-order valence-electron chi connectivity index (χ1n) is 6.77. The number of carbonyl (C=O) groups excluding carboxylic acids is 1. The van der Waals surface area contributed by atoms with Crippen LogP contribution in [0.2, 0.25) is 0 Å². The van der Waals surface area contributed by atoms with E-state index in [0.717, 1.165) is 24.1 Å². The molecular weight excluding hydrogens is 298 g/mol. The Labute approximate surface area is 124 Å². The zero-order valence-corrected chi connectivity index (χ0v) is 12.8. The molecule has 0 saturated heterocycles. The Morgan fingerprint density at radius 2 is 2.00 bits per heavy atom. The highest BCUT2D eigenvalue weighted by Gasteiger charge is 2.26. The van der Waals surface area contributed by atoms with Crippen molar-refractivity contribution in [3.05, 3.63) is 29.8 Å². The van der Waals surface area contributed by atoms with E-state index in [9.17, 15) is 13.2 Å². The van der Waals surface area contributed by atoms with Crippen molar-refractivity contribution in [2.75, 3.05) is 16.6 Å². The van der Waals surface area contributed by atoms with Crippen LogP contribution in [0.1, 0.15) is 31.2 Å². The van der Waals surface area contributed by atoms with Crippen LogP contribution in [-0.4, -0.2) is 26.0 Å². The van der Waals surface area contributed by atoms with Gasteiger partial charge in [0, 0.05) is 13.0 Å². The fraction of sp³-hybridized carbons (Fsp3) is 0.500. The number of carbonyl (C=O) groups is 1. The van der Waals surface area contributed by atoms with Crippen LogP contribution in [0.3, 0.4) is 0 Å². The highest BCUT2D eigenvalue weighted by molar-refractivity contribution is 7.92. The zero-order chi connectivity index (χ0) is 14.6. The lowest BCUT2D eigenvalue weighted by Gasteiger charge is -2.30. The summed E-state index contributed by atoms with van der Waals surface area (Å²) in [5.41, 5.74) is 1.88. The molecule has 0 saturated carbocycles. The van der Waals surface area contributed by atoms with Gasteiger partial charge >= 0.3 is 0 Å². The van der Waals surface area contributed by atoms with Gasteiger partial charge in [0.25, 0.3) is 0 Å². The molecule has 0 bridgehead atoms.